The molecular formula is C17H14F2N4O2. The summed E-state index contributed by atoms with van der Waals surface area (Å²) in [5.41, 5.74) is 5.04. The number of aromatic nitrogens is 2. The van der Waals surface area contributed by atoms with Gasteiger partial charge in [0.1, 0.15) is 0 Å². The summed E-state index contributed by atoms with van der Waals surface area (Å²) in [5.74, 6) is -2.71. The fourth-order valence-corrected chi connectivity index (χ4v) is 2.38. The number of para-hydroxylation sites is 1. The number of nitrogens with one attached hydrogen (secondary N) is 2. The van der Waals surface area contributed by atoms with Crippen LogP contribution in [0.1, 0.15) is 17.3 Å². The van der Waals surface area contributed by atoms with Crippen LogP contribution in [-0.4, -0.2) is 15.5 Å². The van der Waals surface area contributed by atoms with Crippen LogP contribution in [0.15, 0.2) is 47.3 Å². The highest BCUT2D eigenvalue weighted by atomic mass is 19.2. The zero-order chi connectivity index (χ0) is 18.0. The minimum Gasteiger partial charge on any atom is -0.277 e. The number of rotatable bonds is 4. The average Bonchev–Trinajstić information content (AvgIpc) is 2.62. The molecule has 0 aliphatic heterocycles. The number of carbonyl (C=O) groups excluding carboxylic acids is 1. The fraction of sp³-hybridized carbons (Fsp3) is 0.118. The van der Waals surface area contributed by atoms with Crippen molar-refractivity contribution in [1.82, 2.24) is 15.0 Å². The van der Waals surface area contributed by atoms with E-state index in [4.69, 9.17) is 0 Å². The van der Waals surface area contributed by atoms with Gasteiger partial charge in [0.15, 0.2) is 11.6 Å². The third-order valence-corrected chi connectivity index (χ3v) is 3.65. The molecule has 0 saturated carbocycles. The Morgan fingerprint density at radius 1 is 1.16 bits per heavy atom. The Bertz CT molecular complexity index is 1020. The quantitative estimate of drug-likeness (QED) is 0.713. The average molecular weight is 344 g/mol. The Hall–Kier alpha value is -3.29. The van der Waals surface area contributed by atoms with Crippen molar-refractivity contribution >= 4 is 22.8 Å². The Kier molecular flexibility index (Phi) is 4.42. The molecule has 3 rings (SSSR count). The Morgan fingerprint density at radius 3 is 2.64 bits per heavy atom. The van der Waals surface area contributed by atoms with Gasteiger partial charge in [-0.05, 0) is 37.3 Å². The molecule has 0 fully saturated rings. The molecule has 1 amide bonds. The van der Waals surface area contributed by atoms with Crippen molar-refractivity contribution in [3.05, 3.63) is 70.0 Å². The number of carbonyl (C=O) groups is 1. The zero-order valence-corrected chi connectivity index (χ0v) is 13.2. The van der Waals surface area contributed by atoms with Gasteiger partial charge >= 0.3 is 0 Å². The van der Waals surface area contributed by atoms with Crippen LogP contribution in [-0.2, 0) is 6.54 Å². The molecule has 128 valence electrons. The maximum Gasteiger partial charge on any atom is 0.269 e. The molecule has 1 aromatic heterocycles. The molecule has 25 heavy (non-hydrogen) atoms. The summed E-state index contributed by atoms with van der Waals surface area (Å²) < 4.78 is 27.5. The number of hydrogen-bond donors (Lipinski definition) is 2. The lowest BCUT2D eigenvalue weighted by Gasteiger charge is -2.14. The van der Waals surface area contributed by atoms with E-state index >= 15 is 0 Å². The van der Waals surface area contributed by atoms with Gasteiger partial charge in [-0.15, -0.1) is 0 Å². The van der Waals surface area contributed by atoms with Gasteiger partial charge in [0, 0.05) is 12.1 Å². The standard InChI is InChI=1S/C17H14F2N4O2/c1-2-23-16(25)11-5-3-4-6-14(11)20-17(23)22-21-15(24)10-7-8-12(18)13(19)9-10/h3-9H,2H2,1H3,(H,20,22)(H,21,24). The number of amides is 1. The number of fused-ring (bicyclic) bond motifs is 1. The number of anilines is 1. The van der Waals surface area contributed by atoms with Crippen molar-refractivity contribution in [3.8, 4) is 0 Å². The molecule has 0 bridgehead atoms. The number of benzene rings is 2. The first-order valence-electron chi connectivity index (χ1n) is 7.52. The molecule has 1 heterocycles. The van der Waals surface area contributed by atoms with Crippen LogP contribution in [0.4, 0.5) is 14.7 Å². The van der Waals surface area contributed by atoms with Crippen LogP contribution >= 0.6 is 0 Å². The van der Waals surface area contributed by atoms with Gasteiger partial charge in [-0.3, -0.25) is 25.0 Å². The first-order valence-corrected chi connectivity index (χ1v) is 7.52. The second-order valence-corrected chi connectivity index (χ2v) is 5.21. The Labute approximate surface area is 141 Å². The van der Waals surface area contributed by atoms with Crippen LogP contribution in [0.3, 0.4) is 0 Å². The lowest BCUT2D eigenvalue weighted by molar-refractivity contribution is 0.0961. The van der Waals surface area contributed by atoms with Gasteiger partial charge in [0.2, 0.25) is 5.95 Å². The third kappa shape index (κ3) is 3.18. The molecule has 2 N–H and O–H groups in total. The zero-order valence-electron chi connectivity index (χ0n) is 13.2. The van der Waals surface area contributed by atoms with Gasteiger partial charge in [-0.1, -0.05) is 12.1 Å². The van der Waals surface area contributed by atoms with Crippen molar-refractivity contribution in [2.75, 3.05) is 5.43 Å². The number of nitrogens with zero attached hydrogens (tertiary/aromatic N) is 2. The minimum atomic E-state index is -1.12. The summed E-state index contributed by atoms with van der Waals surface area (Å²) in [6, 6.07) is 9.63. The topological polar surface area (TPSA) is 76.0 Å². The van der Waals surface area contributed by atoms with Gasteiger partial charge in [0.05, 0.1) is 10.9 Å². The molecule has 3 aromatic rings. The maximum atomic E-state index is 13.2. The van der Waals surface area contributed by atoms with E-state index in [0.717, 1.165) is 18.2 Å². The van der Waals surface area contributed by atoms with E-state index in [2.05, 4.69) is 15.8 Å². The molecule has 0 spiro atoms. The highest BCUT2D eigenvalue weighted by molar-refractivity contribution is 5.94. The van der Waals surface area contributed by atoms with Gasteiger partial charge < -0.3 is 0 Å². The number of hydrogen-bond acceptors (Lipinski definition) is 4. The highest BCUT2D eigenvalue weighted by Gasteiger charge is 2.12. The predicted octanol–water partition coefficient (Wildman–Crippen LogP) is 2.45. The molecule has 0 atom stereocenters. The number of hydrazine groups is 1. The van der Waals surface area contributed by atoms with E-state index in [9.17, 15) is 18.4 Å². The summed E-state index contributed by atoms with van der Waals surface area (Å²) >= 11 is 0. The summed E-state index contributed by atoms with van der Waals surface area (Å²) in [6.45, 7) is 2.10. The van der Waals surface area contributed by atoms with Gasteiger partial charge in [0.25, 0.3) is 11.5 Å². The molecule has 0 radical (unpaired) electrons. The van der Waals surface area contributed by atoms with E-state index in [0.29, 0.717) is 17.4 Å². The van der Waals surface area contributed by atoms with E-state index in [-0.39, 0.29) is 17.1 Å². The SMILES string of the molecule is CCn1c(NNC(=O)c2ccc(F)c(F)c2)nc2ccccc2c1=O. The first-order chi connectivity index (χ1) is 12.0. The van der Waals surface area contributed by atoms with Crippen molar-refractivity contribution in [1.29, 1.82) is 0 Å². The summed E-state index contributed by atoms with van der Waals surface area (Å²) in [6.07, 6.45) is 0. The molecule has 8 heteroatoms. The predicted molar refractivity (Wildman–Crippen MR) is 89.1 cm³/mol. The largest absolute Gasteiger partial charge is 0.277 e. The smallest absolute Gasteiger partial charge is 0.269 e. The summed E-state index contributed by atoms with van der Waals surface area (Å²) in [4.78, 5) is 28.8. The van der Waals surface area contributed by atoms with E-state index in [1.807, 2.05) is 0 Å². The van der Waals surface area contributed by atoms with Crippen molar-refractivity contribution in [2.45, 2.75) is 13.5 Å². The fourth-order valence-electron chi connectivity index (χ4n) is 2.38. The van der Waals surface area contributed by atoms with Crippen molar-refractivity contribution in [3.63, 3.8) is 0 Å². The van der Waals surface area contributed by atoms with Crippen molar-refractivity contribution in [2.24, 2.45) is 0 Å². The molecule has 6 nitrogen and oxygen atoms in total. The molecular weight excluding hydrogens is 330 g/mol. The highest BCUT2D eigenvalue weighted by Crippen LogP contribution is 2.11. The normalized spacial score (nSPS) is 10.7. The summed E-state index contributed by atoms with van der Waals surface area (Å²) in [5, 5.41) is 0.460. The molecule has 0 saturated heterocycles. The van der Waals surface area contributed by atoms with Crippen LogP contribution in [0.25, 0.3) is 10.9 Å². The lowest BCUT2D eigenvalue weighted by Crippen LogP contribution is -2.34. The Balaban J connectivity index is 1.88. The van der Waals surface area contributed by atoms with E-state index < -0.39 is 17.5 Å². The van der Waals surface area contributed by atoms with Crippen molar-refractivity contribution < 1.29 is 13.6 Å². The van der Waals surface area contributed by atoms with Crippen LogP contribution in [0, 0.1) is 11.6 Å². The maximum absolute atomic E-state index is 13.2. The van der Waals surface area contributed by atoms with Gasteiger partial charge in [-0.2, -0.15) is 0 Å². The summed E-state index contributed by atoms with van der Waals surface area (Å²) in [7, 11) is 0. The Morgan fingerprint density at radius 2 is 1.92 bits per heavy atom. The minimum absolute atomic E-state index is 0.0717. The second kappa shape index (κ2) is 6.68. The molecule has 0 unspecified atom stereocenters. The first kappa shape index (κ1) is 16.6. The molecule has 0 aliphatic rings. The second-order valence-electron chi connectivity index (χ2n) is 5.21. The van der Waals surface area contributed by atoms with E-state index in [1.165, 1.54) is 4.57 Å². The monoisotopic (exact) mass is 344 g/mol. The van der Waals surface area contributed by atoms with Gasteiger partial charge in [-0.25, -0.2) is 13.8 Å². The van der Waals surface area contributed by atoms with Crippen LogP contribution in [0.2, 0.25) is 0 Å². The lowest BCUT2D eigenvalue weighted by atomic mass is 10.2. The molecule has 0 aliphatic carbocycles. The van der Waals surface area contributed by atoms with E-state index in [1.54, 1.807) is 31.2 Å². The molecule has 2 aromatic carbocycles. The third-order valence-electron chi connectivity index (χ3n) is 3.65. The number of halogens is 2. The van der Waals surface area contributed by atoms with Crippen LogP contribution < -0.4 is 16.4 Å². The van der Waals surface area contributed by atoms with Crippen LogP contribution in [0.5, 0.6) is 0 Å².